The smallest absolute Gasteiger partial charge is 0.370 e. The van der Waals surface area contributed by atoms with E-state index in [-0.39, 0.29) is 17.0 Å². The van der Waals surface area contributed by atoms with Crippen LogP contribution in [0.25, 0.3) is 0 Å². The van der Waals surface area contributed by atoms with Crippen LogP contribution in [-0.4, -0.2) is 79.6 Å². The number of nitrogens with two attached hydrogens (primary N) is 1. The Kier molecular flexibility index (Phi) is 8.76. The second kappa shape index (κ2) is 10.6. The van der Waals surface area contributed by atoms with E-state index >= 15 is 0 Å². The van der Waals surface area contributed by atoms with E-state index in [2.05, 4.69) is 14.8 Å². The van der Waals surface area contributed by atoms with Crippen LogP contribution >= 0.6 is 28.7 Å². The number of piperazine rings is 1. The molecule has 0 spiro atoms. The molecule has 2 saturated heterocycles. The van der Waals surface area contributed by atoms with Crippen molar-refractivity contribution in [3.05, 3.63) is 29.8 Å². The second-order valence-corrected chi connectivity index (χ2v) is 7.94. The molecule has 28 heavy (non-hydrogen) atoms. The second-order valence-electron chi connectivity index (χ2n) is 6.72. The van der Waals surface area contributed by atoms with Crippen LogP contribution in [0, 0.1) is 0 Å². The SMILES string of the molecule is Br.NC(=NCCN1CCN(c2cccc(C(F)(F)F)c2)CC1)N1CCSCC1. The Morgan fingerprint density at radius 1 is 1.07 bits per heavy atom. The lowest BCUT2D eigenvalue weighted by Crippen LogP contribution is -2.47. The fourth-order valence-corrected chi connectivity index (χ4v) is 4.21. The van der Waals surface area contributed by atoms with Gasteiger partial charge in [0.15, 0.2) is 5.96 Å². The normalized spacial score (nSPS) is 19.5. The van der Waals surface area contributed by atoms with Crippen LogP contribution in [0.1, 0.15) is 5.56 Å². The first-order valence-corrected chi connectivity index (χ1v) is 10.4. The van der Waals surface area contributed by atoms with E-state index in [0.29, 0.717) is 31.3 Å². The van der Waals surface area contributed by atoms with Crippen molar-refractivity contribution in [2.45, 2.75) is 6.18 Å². The maximum atomic E-state index is 12.9. The highest BCUT2D eigenvalue weighted by molar-refractivity contribution is 8.93. The molecule has 0 aliphatic carbocycles. The summed E-state index contributed by atoms with van der Waals surface area (Å²) in [6.45, 7) is 6.43. The van der Waals surface area contributed by atoms with Crippen LogP contribution in [0.2, 0.25) is 0 Å². The van der Waals surface area contributed by atoms with Gasteiger partial charge in [-0.1, -0.05) is 6.07 Å². The molecule has 0 atom stereocenters. The van der Waals surface area contributed by atoms with Gasteiger partial charge in [-0.3, -0.25) is 9.89 Å². The number of benzene rings is 1. The van der Waals surface area contributed by atoms with E-state index in [9.17, 15) is 13.2 Å². The van der Waals surface area contributed by atoms with Crippen molar-refractivity contribution in [3.8, 4) is 0 Å². The fraction of sp³-hybridized carbons (Fsp3) is 0.611. The third-order valence-corrected chi connectivity index (χ3v) is 5.88. The van der Waals surface area contributed by atoms with Gasteiger partial charge in [-0.05, 0) is 18.2 Å². The quantitative estimate of drug-likeness (QED) is 0.529. The average Bonchev–Trinajstić information content (AvgIpc) is 2.68. The molecule has 10 heteroatoms. The Morgan fingerprint density at radius 3 is 2.39 bits per heavy atom. The predicted octanol–water partition coefficient (Wildman–Crippen LogP) is 2.77. The lowest BCUT2D eigenvalue weighted by molar-refractivity contribution is -0.137. The third-order valence-electron chi connectivity index (χ3n) is 4.94. The Bertz CT molecular complexity index is 644. The van der Waals surface area contributed by atoms with Crippen LogP contribution in [0.15, 0.2) is 29.3 Å². The summed E-state index contributed by atoms with van der Waals surface area (Å²) < 4.78 is 38.6. The molecular formula is C18H27BrF3N5S. The van der Waals surface area contributed by atoms with Crippen molar-refractivity contribution in [2.24, 2.45) is 10.7 Å². The first-order chi connectivity index (χ1) is 12.9. The molecule has 2 heterocycles. The van der Waals surface area contributed by atoms with E-state index < -0.39 is 11.7 Å². The van der Waals surface area contributed by atoms with Crippen LogP contribution < -0.4 is 10.6 Å². The summed E-state index contributed by atoms with van der Waals surface area (Å²) in [5, 5.41) is 0. The number of hydrogen-bond donors (Lipinski definition) is 1. The predicted molar refractivity (Wildman–Crippen MR) is 116 cm³/mol. The molecule has 2 N–H and O–H groups in total. The van der Waals surface area contributed by atoms with Crippen LogP contribution in [-0.2, 0) is 6.18 Å². The minimum Gasteiger partial charge on any atom is -0.370 e. The van der Waals surface area contributed by atoms with E-state index in [4.69, 9.17) is 5.73 Å². The van der Waals surface area contributed by atoms with Crippen LogP contribution in [0.4, 0.5) is 18.9 Å². The van der Waals surface area contributed by atoms with Crippen LogP contribution in [0.3, 0.4) is 0 Å². The first kappa shape index (κ1) is 23.2. The topological polar surface area (TPSA) is 48.1 Å². The summed E-state index contributed by atoms with van der Waals surface area (Å²) in [5.41, 5.74) is 6.10. The number of thioether (sulfide) groups is 1. The minimum absolute atomic E-state index is 0. The third kappa shape index (κ3) is 6.45. The molecule has 0 radical (unpaired) electrons. The van der Waals surface area contributed by atoms with Gasteiger partial charge in [-0.25, -0.2) is 0 Å². The van der Waals surface area contributed by atoms with Crippen molar-refractivity contribution >= 4 is 40.4 Å². The summed E-state index contributed by atoms with van der Waals surface area (Å²) in [6, 6.07) is 5.56. The molecule has 0 amide bonds. The van der Waals surface area contributed by atoms with E-state index in [0.717, 1.165) is 50.3 Å². The van der Waals surface area contributed by atoms with Gasteiger partial charge in [0.2, 0.25) is 0 Å². The fourth-order valence-electron chi connectivity index (χ4n) is 3.31. The van der Waals surface area contributed by atoms with Gasteiger partial charge < -0.3 is 15.5 Å². The summed E-state index contributed by atoms with van der Waals surface area (Å²) in [5.74, 6) is 2.81. The van der Waals surface area contributed by atoms with Crippen molar-refractivity contribution in [1.29, 1.82) is 0 Å². The van der Waals surface area contributed by atoms with Crippen molar-refractivity contribution in [2.75, 3.05) is 68.8 Å². The molecule has 0 aromatic heterocycles. The highest BCUT2D eigenvalue weighted by atomic mass is 79.9. The summed E-state index contributed by atoms with van der Waals surface area (Å²) in [7, 11) is 0. The largest absolute Gasteiger partial charge is 0.416 e. The number of nitrogens with zero attached hydrogens (tertiary/aromatic N) is 4. The standard InChI is InChI=1S/C18H26F3N5S.BrH/c19-18(20,21)15-2-1-3-16(14-15)25-8-6-24(7-9-25)5-4-23-17(22)26-10-12-27-13-11-26;/h1-3,14H,4-13H2,(H2,22,23);1H. The number of hydrogen-bond acceptors (Lipinski definition) is 4. The summed E-state index contributed by atoms with van der Waals surface area (Å²) in [4.78, 5) is 10.9. The van der Waals surface area contributed by atoms with Gasteiger partial charge in [0.05, 0.1) is 12.1 Å². The number of anilines is 1. The first-order valence-electron chi connectivity index (χ1n) is 9.20. The zero-order chi connectivity index (χ0) is 19.3. The number of aliphatic imine (C=N–C) groups is 1. The zero-order valence-corrected chi connectivity index (χ0v) is 18.2. The molecule has 5 nitrogen and oxygen atoms in total. The van der Waals surface area contributed by atoms with Gasteiger partial charge in [0.1, 0.15) is 0 Å². The maximum Gasteiger partial charge on any atom is 0.416 e. The van der Waals surface area contributed by atoms with Gasteiger partial charge in [-0.2, -0.15) is 24.9 Å². The van der Waals surface area contributed by atoms with Crippen molar-refractivity contribution in [1.82, 2.24) is 9.80 Å². The molecule has 0 bridgehead atoms. The van der Waals surface area contributed by atoms with Crippen molar-refractivity contribution < 1.29 is 13.2 Å². The van der Waals surface area contributed by atoms with Crippen molar-refractivity contribution in [3.63, 3.8) is 0 Å². The maximum absolute atomic E-state index is 12.9. The number of guanidine groups is 1. The zero-order valence-electron chi connectivity index (χ0n) is 15.7. The number of halogens is 4. The Balaban J connectivity index is 0.00000280. The molecule has 2 fully saturated rings. The highest BCUT2D eigenvalue weighted by Crippen LogP contribution is 2.31. The molecule has 1 aromatic carbocycles. The molecular weight excluding hydrogens is 455 g/mol. The van der Waals surface area contributed by atoms with E-state index in [1.807, 2.05) is 16.7 Å². The Morgan fingerprint density at radius 2 is 1.75 bits per heavy atom. The monoisotopic (exact) mass is 481 g/mol. The minimum atomic E-state index is -4.30. The van der Waals surface area contributed by atoms with Crippen LogP contribution in [0.5, 0.6) is 0 Å². The number of rotatable bonds is 4. The molecule has 0 saturated carbocycles. The molecule has 158 valence electrons. The van der Waals surface area contributed by atoms with Gasteiger partial charge >= 0.3 is 6.18 Å². The molecule has 1 aromatic rings. The molecule has 2 aliphatic rings. The Labute approximate surface area is 178 Å². The van der Waals surface area contributed by atoms with E-state index in [1.165, 1.54) is 12.1 Å². The molecule has 2 aliphatic heterocycles. The number of alkyl halides is 3. The Hall–Kier alpha value is -1.13. The van der Waals surface area contributed by atoms with Gasteiger partial charge in [0.25, 0.3) is 0 Å². The van der Waals surface area contributed by atoms with E-state index in [1.54, 1.807) is 6.07 Å². The highest BCUT2D eigenvalue weighted by Gasteiger charge is 2.31. The molecule has 3 rings (SSSR count). The lowest BCUT2D eigenvalue weighted by atomic mass is 10.1. The summed E-state index contributed by atoms with van der Waals surface area (Å²) >= 11 is 1.94. The molecule has 0 unspecified atom stereocenters. The van der Waals surface area contributed by atoms with Gasteiger partial charge in [-0.15, -0.1) is 17.0 Å². The van der Waals surface area contributed by atoms with Gasteiger partial charge in [0, 0.05) is 63.0 Å². The average molecular weight is 482 g/mol. The lowest BCUT2D eigenvalue weighted by Gasteiger charge is -2.36. The summed E-state index contributed by atoms with van der Waals surface area (Å²) in [6.07, 6.45) is -4.30.